The van der Waals surface area contributed by atoms with Crippen LogP contribution in [-0.2, 0) is 28.8 Å². The molecular weight excluding hydrogens is 629 g/mol. The van der Waals surface area contributed by atoms with Gasteiger partial charge in [-0.05, 0) is 0 Å². The number of carboxylic acid groups (broad SMARTS) is 8. The molecule has 0 radical (unpaired) electrons. The summed E-state index contributed by atoms with van der Waals surface area (Å²) in [5.74, 6) is -10.0. The molecule has 0 aliphatic heterocycles. The van der Waals surface area contributed by atoms with Gasteiger partial charge < -0.3 is 65.3 Å². The molecule has 22 heteroatoms. The molecule has 0 aliphatic rings. The van der Waals surface area contributed by atoms with Crippen LogP contribution in [0.4, 0.5) is 4.79 Å². The van der Waals surface area contributed by atoms with Crippen molar-refractivity contribution in [3.8, 4) is 0 Å². The number of hydrogen-bond donors (Lipinski definition) is 10. The molecule has 0 amide bonds. The smallest absolute Gasteiger partial charge is 1.00 e. The van der Waals surface area contributed by atoms with Gasteiger partial charge in [0.05, 0.1) is 25.7 Å². The van der Waals surface area contributed by atoms with Crippen molar-refractivity contribution in [1.29, 1.82) is 0 Å². The van der Waals surface area contributed by atoms with Crippen molar-refractivity contribution in [1.82, 2.24) is 0 Å². The Kier molecular flexibility index (Phi) is 47.9. The van der Waals surface area contributed by atoms with E-state index in [2.05, 4.69) is 0 Å². The van der Waals surface area contributed by atoms with Crippen LogP contribution in [0.1, 0.15) is 39.9 Å². The third kappa shape index (κ3) is 36.3. The fourth-order valence-corrected chi connectivity index (χ4v) is 1.43. The molecule has 35 heavy (non-hydrogen) atoms. The van der Waals surface area contributed by atoms with E-state index >= 15 is 0 Å². The van der Waals surface area contributed by atoms with E-state index in [0.717, 1.165) is 0 Å². The predicted molar refractivity (Wildman–Crippen MR) is 125 cm³/mol. The van der Waals surface area contributed by atoms with E-state index in [1.807, 2.05) is 0 Å². The predicted octanol–water partition coefficient (Wildman–Crippen LogP) is -3.05. The van der Waals surface area contributed by atoms with E-state index in [-0.39, 0.29) is 203 Å². The van der Waals surface area contributed by atoms with Crippen LogP contribution < -0.4 is 0 Å². The van der Waals surface area contributed by atoms with Gasteiger partial charge in [0, 0.05) is 0 Å². The SMILES string of the molecule is O=C(O)CC(O)(CC(=O)O)C(=O)O.O=C(O)CC(O)(CC(=O)O)C(=O)O.O=C(O)O.[Ca+2].[Ca+2].[Ca+2].[Ca+2].[Ca+2].[H-].[H-].[H-].[H-].[H-].[H-].[H-].[H-].[H-].[H-]. The molecule has 0 aromatic carbocycles. The minimum Gasteiger partial charge on any atom is -1.00 e. The Labute approximate surface area is 360 Å². The molecule has 0 rings (SSSR count). The molecule has 0 spiro atoms. The Hall–Kier alpha value is 2.31. The first-order valence-corrected chi connectivity index (χ1v) is 6.99. The standard InChI is InChI=1S/2C6H8O7.CH2O3.5Ca.10H/c2*7-3(8)1-6(13,5(11)12)2-4(9)10;2-1(3)4;;;;;;;;;;;;;;;/h2*13H,1-2H2,(H,7,8)(H,9,10)(H,11,12);(H2,2,3,4);;;;;;;;;;;;;;;/q;;;5*+2;10*-1. The second-order valence-corrected chi connectivity index (χ2v) is 5.24. The normalized spacial score (nSPS) is 8.74. The second-order valence-electron chi connectivity index (χ2n) is 5.24. The van der Waals surface area contributed by atoms with Gasteiger partial charge in [-0.1, -0.05) is 0 Å². The number of aliphatic carboxylic acids is 6. The van der Waals surface area contributed by atoms with Gasteiger partial charge in [0.25, 0.3) is 0 Å². The monoisotopic (exact) mass is 656 g/mol. The number of aliphatic hydroxyl groups is 2. The first-order chi connectivity index (χ1) is 13.3. The molecule has 0 atom stereocenters. The molecule has 192 valence electrons. The van der Waals surface area contributed by atoms with Crippen molar-refractivity contribution in [2.24, 2.45) is 0 Å². The average molecular weight is 657 g/mol. The van der Waals surface area contributed by atoms with E-state index in [1.54, 1.807) is 0 Å². The molecule has 0 aliphatic carbocycles. The molecule has 10 N–H and O–H groups in total. The van der Waals surface area contributed by atoms with Crippen LogP contribution in [0.5, 0.6) is 0 Å². The fourth-order valence-electron chi connectivity index (χ4n) is 1.43. The molecular formula is C13H28Ca5O17. The van der Waals surface area contributed by atoms with Gasteiger partial charge in [-0.3, -0.25) is 19.2 Å². The zero-order chi connectivity index (χ0) is 24.9. The summed E-state index contributed by atoms with van der Waals surface area (Å²) in [4.78, 5) is 69.5. The zero-order valence-electron chi connectivity index (χ0n) is 28.2. The maximum Gasteiger partial charge on any atom is 2.00 e. The molecule has 0 aromatic rings. The summed E-state index contributed by atoms with van der Waals surface area (Å²) in [7, 11) is 0. The Balaban J connectivity index is -0.0000000139. The van der Waals surface area contributed by atoms with Gasteiger partial charge in [-0.15, -0.1) is 0 Å². The van der Waals surface area contributed by atoms with Gasteiger partial charge in [-0.25, -0.2) is 14.4 Å². The summed E-state index contributed by atoms with van der Waals surface area (Å²) in [6, 6.07) is 0. The largest absolute Gasteiger partial charge is 2.00 e. The molecule has 0 fully saturated rings. The minimum atomic E-state index is -2.74. The van der Waals surface area contributed by atoms with Gasteiger partial charge >= 0.3 is 231 Å². The summed E-state index contributed by atoms with van der Waals surface area (Å²) in [5.41, 5.74) is -5.48. The van der Waals surface area contributed by atoms with Crippen LogP contribution in [0.15, 0.2) is 0 Å². The van der Waals surface area contributed by atoms with Crippen LogP contribution in [0.25, 0.3) is 0 Å². The first-order valence-electron chi connectivity index (χ1n) is 6.99. The number of carboxylic acids is 6. The van der Waals surface area contributed by atoms with Crippen molar-refractivity contribution in [2.75, 3.05) is 0 Å². The Bertz CT molecular complexity index is 644. The maximum atomic E-state index is 10.3. The molecule has 0 saturated heterocycles. The van der Waals surface area contributed by atoms with E-state index < -0.39 is 78.9 Å². The van der Waals surface area contributed by atoms with E-state index in [0.29, 0.717) is 0 Å². The van der Waals surface area contributed by atoms with Crippen molar-refractivity contribution in [3.05, 3.63) is 0 Å². The Morgan fingerprint density at radius 1 is 0.429 bits per heavy atom. The second kappa shape index (κ2) is 29.3. The topological polar surface area (TPSA) is 322 Å². The molecule has 0 unspecified atom stereocenters. The zero-order valence-corrected chi connectivity index (χ0v) is 29.2. The minimum absolute atomic E-state index is 0. The summed E-state index contributed by atoms with van der Waals surface area (Å²) >= 11 is 0. The average Bonchev–Trinajstić information content (AvgIpc) is 2.43. The third-order valence-electron chi connectivity index (χ3n) is 2.57. The van der Waals surface area contributed by atoms with Crippen molar-refractivity contribution in [2.45, 2.75) is 36.9 Å². The number of hydrogen-bond acceptors (Lipinski definition) is 9. The van der Waals surface area contributed by atoms with Crippen LogP contribution in [0.2, 0.25) is 0 Å². The number of carbonyl (C=O) groups is 7. The third-order valence-corrected chi connectivity index (χ3v) is 2.57. The van der Waals surface area contributed by atoms with Gasteiger partial charge in [-0.2, -0.15) is 0 Å². The van der Waals surface area contributed by atoms with E-state index in [1.165, 1.54) is 0 Å². The molecule has 0 heterocycles. The fraction of sp³-hybridized carbons (Fsp3) is 0.462. The van der Waals surface area contributed by atoms with Crippen LogP contribution in [0.3, 0.4) is 0 Å². The molecule has 0 bridgehead atoms. The van der Waals surface area contributed by atoms with Gasteiger partial charge in [0.2, 0.25) is 0 Å². The Morgan fingerprint density at radius 2 is 0.543 bits per heavy atom. The summed E-state index contributed by atoms with van der Waals surface area (Å²) < 4.78 is 0. The Morgan fingerprint density at radius 3 is 0.600 bits per heavy atom. The van der Waals surface area contributed by atoms with Crippen molar-refractivity contribution in [3.63, 3.8) is 0 Å². The van der Waals surface area contributed by atoms with Crippen LogP contribution in [-0.4, -0.2) is 293 Å². The van der Waals surface area contributed by atoms with Crippen molar-refractivity contribution < 1.29 is 98.9 Å². The summed E-state index contributed by atoms with van der Waals surface area (Å²) in [5, 5.41) is 81.6. The first kappa shape index (κ1) is 57.3. The molecule has 0 saturated carbocycles. The van der Waals surface area contributed by atoms with Crippen LogP contribution in [0, 0.1) is 0 Å². The van der Waals surface area contributed by atoms with Gasteiger partial charge in [0.15, 0.2) is 11.2 Å². The van der Waals surface area contributed by atoms with E-state index in [9.17, 15) is 28.8 Å². The molecule has 0 aromatic heterocycles. The van der Waals surface area contributed by atoms with E-state index in [4.69, 9.17) is 55.9 Å². The van der Waals surface area contributed by atoms with Gasteiger partial charge in [0.1, 0.15) is 0 Å². The van der Waals surface area contributed by atoms with Crippen molar-refractivity contribution >= 4 is 231 Å². The maximum absolute atomic E-state index is 10.3. The quantitative estimate of drug-likeness (QED) is 0.104. The molecule has 17 nitrogen and oxygen atoms in total. The summed E-state index contributed by atoms with van der Waals surface area (Å²) in [6.07, 6.45) is -6.41. The van der Waals surface area contributed by atoms with Crippen LogP contribution >= 0.6 is 0 Å². The summed E-state index contributed by atoms with van der Waals surface area (Å²) in [6.45, 7) is 0. The number of rotatable bonds is 10.